The van der Waals surface area contributed by atoms with Crippen LogP contribution in [0.2, 0.25) is 0 Å². The molecule has 1 aliphatic heterocycles. The normalized spacial score (nSPS) is 14.8. The van der Waals surface area contributed by atoms with Crippen LogP contribution in [0.25, 0.3) is 10.4 Å². The van der Waals surface area contributed by atoms with E-state index in [4.69, 9.17) is 26.6 Å². The third kappa shape index (κ3) is 11.2. The molecule has 1 aliphatic rings. The van der Waals surface area contributed by atoms with Gasteiger partial charge in [-0.15, -0.1) is 0 Å². The second-order valence-corrected chi connectivity index (χ2v) is 2.39. The summed E-state index contributed by atoms with van der Waals surface area (Å²) in [5, 5.41) is 2.23. The summed E-state index contributed by atoms with van der Waals surface area (Å²) in [6, 6.07) is 0. The maximum atomic E-state index is 9.70. The van der Waals surface area contributed by atoms with Gasteiger partial charge >= 0.3 is 0 Å². The van der Waals surface area contributed by atoms with E-state index in [1.165, 1.54) is 0 Å². The van der Waals surface area contributed by atoms with Gasteiger partial charge in [0.25, 0.3) is 0 Å². The van der Waals surface area contributed by atoms with Crippen molar-refractivity contribution in [1.82, 2.24) is 0 Å². The van der Waals surface area contributed by atoms with E-state index in [2.05, 4.69) is 10.0 Å². The van der Waals surface area contributed by atoms with E-state index in [1.807, 2.05) is 0 Å². The first-order valence-electron chi connectivity index (χ1n) is 3.62. The van der Waals surface area contributed by atoms with Gasteiger partial charge in [-0.05, 0) is 17.1 Å². The quantitative estimate of drug-likeness (QED) is 0.294. The fourth-order valence-electron chi connectivity index (χ4n) is 0.527. The second-order valence-electron chi connectivity index (χ2n) is 1.97. The van der Waals surface area contributed by atoms with Crippen molar-refractivity contribution in [3.8, 4) is 0 Å². The van der Waals surface area contributed by atoms with Crippen molar-refractivity contribution in [2.75, 3.05) is 33.0 Å². The first kappa shape index (κ1) is 12.2. The molecule has 0 atom stereocenters. The van der Waals surface area contributed by atoms with Crippen LogP contribution in [0.4, 0.5) is 0 Å². The minimum Gasteiger partial charge on any atom is -0.377 e. The van der Waals surface area contributed by atoms with Crippen LogP contribution >= 0.6 is 11.6 Å². The van der Waals surface area contributed by atoms with E-state index in [1.54, 1.807) is 0 Å². The van der Waals surface area contributed by atoms with Crippen molar-refractivity contribution in [3.63, 3.8) is 0 Å². The topological polar surface area (TPSA) is 84.3 Å². The lowest BCUT2D eigenvalue weighted by Gasteiger charge is -2.09. The van der Waals surface area contributed by atoms with Crippen molar-refractivity contribution in [2.45, 2.75) is 0 Å². The summed E-state index contributed by atoms with van der Waals surface area (Å²) in [4.78, 5) is 12.0. The van der Waals surface area contributed by atoms with Gasteiger partial charge in [0.15, 0.2) is 0 Å². The number of carbonyl (C=O) groups excluding carboxylic acids is 1. The maximum absolute atomic E-state index is 9.70. The van der Waals surface area contributed by atoms with Crippen molar-refractivity contribution >= 4 is 16.8 Å². The van der Waals surface area contributed by atoms with Crippen LogP contribution in [0.5, 0.6) is 0 Å². The molecule has 0 N–H and O–H groups in total. The van der Waals surface area contributed by atoms with Crippen LogP contribution in [-0.4, -0.2) is 38.2 Å². The standard InChI is InChI=1S/C4H8O2.C2H2ClN3O/c1-2-6-4-3-5-1;3-2(7)1-5-6-4/h1-4H2;1H2. The summed E-state index contributed by atoms with van der Waals surface area (Å²) in [5.41, 5.74) is 7.56. The average molecular weight is 208 g/mol. The molecule has 1 saturated heterocycles. The molecule has 0 aromatic carbocycles. The predicted octanol–water partition coefficient (Wildman–Crippen LogP) is 1.10. The molecule has 0 aliphatic carbocycles. The molecule has 0 amide bonds. The van der Waals surface area contributed by atoms with Crippen LogP contribution in [0.15, 0.2) is 5.11 Å². The zero-order valence-electron chi connectivity index (χ0n) is 6.98. The van der Waals surface area contributed by atoms with Crippen molar-refractivity contribution in [3.05, 3.63) is 10.4 Å². The Balaban J connectivity index is 0.000000223. The van der Waals surface area contributed by atoms with Gasteiger partial charge in [-0.1, -0.05) is 5.11 Å². The third-order valence-corrected chi connectivity index (χ3v) is 1.12. The molecule has 0 saturated carbocycles. The molecule has 0 bridgehead atoms. The number of hydrogen-bond acceptors (Lipinski definition) is 4. The fraction of sp³-hybridized carbons (Fsp3) is 0.833. The zero-order valence-corrected chi connectivity index (χ0v) is 7.74. The number of nitrogens with zero attached hydrogens (tertiary/aromatic N) is 3. The summed E-state index contributed by atoms with van der Waals surface area (Å²) >= 11 is 4.75. The molecule has 7 heteroatoms. The van der Waals surface area contributed by atoms with E-state index in [0.717, 1.165) is 26.4 Å². The van der Waals surface area contributed by atoms with E-state index in [0.29, 0.717) is 0 Å². The zero-order chi connectivity index (χ0) is 9.94. The molecule has 1 heterocycles. The van der Waals surface area contributed by atoms with Gasteiger partial charge in [0, 0.05) is 4.91 Å². The lowest BCUT2D eigenvalue weighted by Crippen LogP contribution is -2.16. The lowest BCUT2D eigenvalue weighted by atomic mass is 10.6. The molecule has 74 valence electrons. The Morgan fingerprint density at radius 3 is 2.00 bits per heavy atom. The van der Waals surface area contributed by atoms with E-state index in [-0.39, 0.29) is 6.54 Å². The maximum Gasteiger partial charge on any atom is 0.227 e. The monoisotopic (exact) mass is 207 g/mol. The van der Waals surface area contributed by atoms with Gasteiger partial charge in [-0.25, -0.2) is 0 Å². The molecule has 0 spiro atoms. The third-order valence-electron chi connectivity index (χ3n) is 1.00. The molecule has 6 nitrogen and oxygen atoms in total. The first-order valence-corrected chi connectivity index (χ1v) is 4.00. The van der Waals surface area contributed by atoms with Crippen LogP contribution in [0.1, 0.15) is 0 Å². The van der Waals surface area contributed by atoms with Crippen molar-refractivity contribution in [1.29, 1.82) is 0 Å². The highest BCUT2D eigenvalue weighted by atomic mass is 35.5. The SMILES string of the molecule is C1COCCO1.[N-]=[N+]=NCC(=O)Cl. The Labute approximate surface area is 80.4 Å². The minimum atomic E-state index is -0.641. The number of carbonyl (C=O) groups is 1. The van der Waals surface area contributed by atoms with Crippen LogP contribution < -0.4 is 0 Å². The highest BCUT2D eigenvalue weighted by Gasteiger charge is 1.94. The summed E-state index contributed by atoms with van der Waals surface area (Å²) in [6.07, 6.45) is 0. The molecule has 0 radical (unpaired) electrons. The van der Waals surface area contributed by atoms with Gasteiger partial charge in [0.05, 0.1) is 26.4 Å². The number of azide groups is 1. The molecular weight excluding hydrogens is 198 g/mol. The highest BCUT2D eigenvalue weighted by molar-refractivity contribution is 6.64. The Kier molecular flexibility index (Phi) is 8.70. The Morgan fingerprint density at radius 2 is 1.85 bits per heavy atom. The summed E-state index contributed by atoms with van der Waals surface area (Å²) in [7, 11) is 0. The Hall–Kier alpha value is -0.810. The van der Waals surface area contributed by atoms with Crippen molar-refractivity contribution < 1.29 is 14.3 Å². The predicted molar refractivity (Wildman–Crippen MR) is 46.5 cm³/mol. The molecular formula is C6H10ClN3O3. The van der Waals surface area contributed by atoms with E-state index >= 15 is 0 Å². The largest absolute Gasteiger partial charge is 0.377 e. The van der Waals surface area contributed by atoms with E-state index < -0.39 is 5.24 Å². The smallest absolute Gasteiger partial charge is 0.227 e. The highest BCUT2D eigenvalue weighted by Crippen LogP contribution is 1.85. The summed E-state index contributed by atoms with van der Waals surface area (Å²) < 4.78 is 9.89. The number of ether oxygens (including phenoxy) is 2. The molecule has 0 aromatic rings. The van der Waals surface area contributed by atoms with Crippen LogP contribution in [0.3, 0.4) is 0 Å². The number of rotatable bonds is 2. The lowest BCUT2D eigenvalue weighted by molar-refractivity contribution is -0.110. The first-order chi connectivity index (χ1) is 6.27. The van der Waals surface area contributed by atoms with Crippen LogP contribution in [-0.2, 0) is 14.3 Å². The second kappa shape index (κ2) is 9.28. The van der Waals surface area contributed by atoms with E-state index in [9.17, 15) is 4.79 Å². The summed E-state index contributed by atoms with van der Waals surface area (Å²) in [5.74, 6) is 0. The van der Waals surface area contributed by atoms with Gasteiger partial charge in [-0.3, -0.25) is 4.79 Å². The summed E-state index contributed by atoms with van der Waals surface area (Å²) in [6.45, 7) is 2.85. The number of halogens is 1. The molecule has 13 heavy (non-hydrogen) atoms. The van der Waals surface area contributed by atoms with Crippen LogP contribution in [0, 0.1) is 0 Å². The van der Waals surface area contributed by atoms with Crippen molar-refractivity contribution in [2.24, 2.45) is 5.11 Å². The molecule has 1 rings (SSSR count). The van der Waals surface area contributed by atoms with Gasteiger partial charge in [0.1, 0.15) is 6.54 Å². The molecule has 0 unspecified atom stereocenters. The molecule has 1 fully saturated rings. The van der Waals surface area contributed by atoms with Gasteiger partial charge in [0.2, 0.25) is 5.24 Å². The fourth-order valence-corrected chi connectivity index (χ4v) is 0.580. The van der Waals surface area contributed by atoms with Gasteiger partial charge in [-0.2, -0.15) is 0 Å². The van der Waals surface area contributed by atoms with Gasteiger partial charge < -0.3 is 9.47 Å². The molecule has 0 aromatic heterocycles. The Morgan fingerprint density at radius 1 is 1.38 bits per heavy atom. The number of hydrogen-bond donors (Lipinski definition) is 0. The minimum absolute atomic E-state index is 0.266. The Bertz CT molecular complexity index is 178. The average Bonchev–Trinajstić information content (AvgIpc) is 2.18.